The van der Waals surface area contributed by atoms with Crippen molar-refractivity contribution in [3.8, 4) is 0 Å². The van der Waals surface area contributed by atoms with Crippen molar-refractivity contribution in [3.63, 3.8) is 0 Å². The Labute approximate surface area is 177 Å². The molecule has 0 atom stereocenters. The van der Waals surface area contributed by atoms with Crippen molar-refractivity contribution in [2.24, 2.45) is 0 Å². The second kappa shape index (κ2) is 10.5. The molecule has 3 aromatic rings. The number of halogens is 1. The number of para-hydroxylation sites is 1. The number of rotatable bonds is 10. The number of carbonyl (C=O) groups excluding carboxylic acids is 2. The molecule has 0 bridgehead atoms. The summed E-state index contributed by atoms with van der Waals surface area (Å²) in [7, 11) is 0. The molecule has 1 aromatic carbocycles. The molecule has 0 aliphatic rings. The van der Waals surface area contributed by atoms with Gasteiger partial charge in [-0.2, -0.15) is 0 Å². The zero-order valence-corrected chi connectivity index (χ0v) is 17.4. The topological polar surface area (TPSA) is 87.5 Å². The Hall–Kier alpha value is -3.20. The van der Waals surface area contributed by atoms with Gasteiger partial charge in [0.05, 0.1) is 18.5 Å². The fourth-order valence-electron chi connectivity index (χ4n) is 2.70. The van der Waals surface area contributed by atoms with Crippen LogP contribution in [0.2, 0.25) is 0 Å². The van der Waals surface area contributed by atoms with Crippen LogP contribution in [0.4, 0.5) is 15.2 Å². The molecule has 0 radical (unpaired) electrons. The number of amides is 2. The molecule has 2 aromatic heterocycles. The fraction of sp³-hybridized carbons (Fsp3) is 0.286. The average Bonchev–Trinajstić information content (AvgIpc) is 3.43. The minimum absolute atomic E-state index is 0.116. The molecule has 3 rings (SSSR count). The summed E-state index contributed by atoms with van der Waals surface area (Å²) in [4.78, 5) is 30.8. The fourth-order valence-corrected chi connectivity index (χ4v) is 3.40. The summed E-state index contributed by atoms with van der Waals surface area (Å²) in [5.74, 6) is -0.239. The highest BCUT2D eigenvalue weighted by atomic mass is 32.1. The SMILES string of the molecule is CCCNC(=O)CCN(Cc1ccco1)C(=O)c1csc(Nc2ccccc2F)n1. The number of thiazole rings is 1. The number of furan rings is 1. The lowest BCUT2D eigenvalue weighted by atomic mass is 10.3. The Bertz CT molecular complexity index is 974. The molecular formula is C21H23FN4O3S. The van der Waals surface area contributed by atoms with Crippen molar-refractivity contribution in [1.82, 2.24) is 15.2 Å². The number of anilines is 2. The van der Waals surface area contributed by atoms with E-state index in [1.165, 1.54) is 28.6 Å². The molecule has 158 valence electrons. The number of benzene rings is 1. The molecule has 9 heteroatoms. The largest absolute Gasteiger partial charge is 0.467 e. The summed E-state index contributed by atoms with van der Waals surface area (Å²) in [5.41, 5.74) is 0.505. The standard InChI is InChI=1S/C21H23FN4O3S/c1-2-10-23-19(27)9-11-26(13-15-6-5-12-29-15)20(28)18-14-30-21(25-18)24-17-8-4-3-7-16(17)22/h3-8,12,14H,2,9-11,13H2,1H3,(H,23,27)(H,24,25). The number of hydrogen-bond acceptors (Lipinski definition) is 6. The molecule has 0 unspecified atom stereocenters. The second-order valence-corrected chi connectivity index (χ2v) is 7.41. The molecule has 2 heterocycles. The minimum atomic E-state index is -0.405. The number of nitrogens with zero attached hydrogens (tertiary/aromatic N) is 2. The van der Waals surface area contributed by atoms with E-state index in [2.05, 4.69) is 15.6 Å². The summed E-state index contributed by atoms with van der Waals surface area (Å²) < 4.78 is 19.2. The van der Waals surface area contributed by atoms with Crippen LogP contribution in [0.3, 0.4) is 0 Å². The van der Waals surface area contributed by atoms with E-state index in [0.29, 0.717) is 17.4 Å². The van der Waals surface area contributed by atoms with Gasteiger partial charge in [-0.15, -0.1) is 11.3 Å². The molecule has 0 fully saturated rings. The Morgan fingerprint density at radius 2 is 2.07 bits per heavy atom. The summed E-state index contributed by atoms with van der Waals surface area (Å²) in [5, 5.41) is 7.70. The highest BCUT2D eigenvalue weighted by molar-refractivity contribution is 7.14. The Kier molecular flexibility index (Phi) is 7.56. The first kappa shape index (κ1) is 21.5. The Balaban J connectivity index is 1.69. The van der Waals surface area contributed by atoms with Crippen LogP contribution in [0, 0.1) is 5.82 Å². The quantitative estimate of drug-likeness (QED) is 0.504. The maximum atomic E-state index is 13.8. The van der Waals surface area contributed by atoms with Crippen molar-refractivity contribution >= 4 is 34.0 Å². The first-order chi connectivity index (χ1) is 14.6. The van der Waals surface area contributed by atoms with Gasteiger partial charge in [0.2, 0.25) is 5.91 Å². The van der Waals surface area contributed by atoms with Gasteiger partial charge in [0.15, 0.2) is 5.13 Å². The molecule has 0 saturated carbocycles. The Morgan fingerprint density at radius 1 is 1.23 bits per heavy atom. The molecule has 0 saturated heterocycles. The van der Waals surface area contributed by atoms with Gasteiger partial charge >= 0.3 is 0 Å². The summed E-state index contributed by atoms with van der Waals surface area (Å²) >= 11 is 1.20. The van der Waals surface area contributed by atoms with E-state index < -0.39 is 5.82 Å². The molecule has 2 N–H and O–H groups in total. The van der Waals surface area contributed by atoms with Gasteiger partial charge in [0.25, 0.3) is 5.91 Å². The maximum Gasteiger partial charge on any atom is 0.273 e. The van der Waals surface area contributed by atoms with Gasteiger partial charge in [0, 0.05) is 24.9 Å². The summed E-state index contributed by atoms with van der Waals surface area (Å²) in [6.07, 6.45) is 2.56. The van der Waals surface area contributed by atoms with Crippen molar-refractivity contribution in [2.75, 3.05) is 18.4 Å². The number of nitrogens with one attached hydrogen (secondary N) is 2. The van der Waals surface area contributed by atoms with Gasteiger partial charge in [-0.1, -0.05) is 19.1 Å². The van der Waals surface area contributed by atoms with Crippen molar-refractivity contribution in [1.29, 1.82) is 0 Å². The van der Waals surface area contributed by atoms with E-state index in [1.807, 2.05) is 6.92 Å². The normalized spacial score (nSPS) is 10.6. The number of hydrogen-bond donors (Lipinski definition) is 2. The zero-order valence-electron chi connectivity index (χ0n) is 16.6. The van der Waals surface area contributed by atoms with Crippen LogP contribution in [0.15, 0.2) is 52.5 Å². The van der Waals surface area contributed by atoms with Gasteiger partial charge in [-0.3, -0.25) is 9.59 Å². The van der Waals surface area contributed by atoms with Gasteiger partial charge in [0.1, 0.15) is 17.3 Å². The van der Waals surface area contributed by atoms with Crippen LogP contribution in [0.1, 0.15) is 36.0 Å². The molecule has 0 spiro atoms. The summed E-state index contributed by atoms with van der Waals surface area (Å²) in [6.45, 7) is 3.02. The lowest BCUT2D eigenvalue weighted by Crippen LogP contribution is -2.35. The van der Waals surface area contributed by atoms with E-state index >= 15 is 0 Å². The third kappa shape index (κ3) is 5.90. The first-order valence-corrected chi connectivity index (χ1v) is 10.5. The summed E-state index contributed by atoms with van der Waals surface area (Å²) in [6, 6.07) is 9.75. The van der Waals surface area contributed by atoms with Crippen LogP contribution >= 0.6 is 11.3 Å². The highest BCUT2D eigenvalue weighted by Crippen LogP contribution is 2.24. The van der Waals surface area contributed by atoms with E-state index in [9.17, 15) is 14.0 Å². The molecule has 7 nitrogen and oxygen atoms in total. The maximum absolute atomic E-state index is 13.8. The molecule has 0 aliphatic carbocycles. The molecule has 30 heavy (non-hydrogen) atoms. The van der Waals surface area contributed by atoms with Crippen LogP contribution in [-0.4, -0.2) is 34.8 Å². The van der Waals surface area contributed by atoms with E-state index in [1.54, 1.807) is 35.7 Å². The highest BCUT2D eigenvalue weighted by Gasteiger charge is 2.21. The predicted molar refractivity (Wildman–Crippen MR) is 113 cm³/mol. The average molecular weight is 431 g/mol. The predicted octanol–water partition coefficient (Wildman–Crippen LogP) is 4.18. The van der Waals surface area contributed by atoms with Crippen LogP contribution in [0.25, 0.3) is 0 Å². The van der Waals surface area contributed by atoms with Crippen molar-refractivity contribution in [3.05, 3.63) is 65.3 Å². The van der Waals surface area contributed by atoms with E-state index in [0.717, 1.165) is 6.42 Å². The van der Waals surface area contributed by atoms with Crippen molar-refractivity contribution in [2.45, 2.75) is 26.3 Å². The smallest absolute Gasteiger partial charge is 0.273 e. The molecular weight excluding hydrogens is 407 g/mol. The monoisotopic (exact) mass is 430 g/mol. The van der Waals surface area contributed by atoms with Crippen LogP contribution < -0.4 is 10.6 Å². The van der Waals surface area contributed by atoms with Gasteiger partial charge in [-0.25, -0.2) is 9.37 Å². The molecule has 2 amide bonds. The van der Waals surface area contributed by atoms with E-state index in [4.69, 9.17) is 4.42 Å². The first-order valence-electron chi connectivity index (χ1n) is 9.62. The zero-order chi connectivity index (χ0) is 21.3. The third-order valence-corrected chi connectivity index (χ3v) is 4.99. The molecule has 0 aliphatic heterocycles. The van der Waals surface area contributed by atoms with Gasteiger partial charge in [-0.05, 0) is 30.7 Å². The third-order valence-electron chi connectivity index (χ3n) is 4.23. The second-order valence-electron chi connectivity index (χ2n) is 6.55. The van der Waals surface area contributed by atoms with Gasteiger partial charge < -0.3 is 20.0 Å². The van der Waals surface area contributed by atoms with Crippen molar-refractivity contribution < 1.29 is 18.4 Å². The van der Waals surface area contributed by atoms with E-state index in [-0.39, 0.29) is 42.7 Å². The minimum Gasteiger partial charge on any atom is -0.467 e. The lowest BCUT2D eigenvalue weighted by Gasteiger charge is -2.20. The number of carbonyl (C=O) groups is 2. The van der Waals surface area contributed by atoms with Crippen LogP contribution in [-0.2, 0) is 11.3 Å². The Morgan fingerprint density at radius 3 is 2.80 bits per heavy atom. The van der Waals surface area contributed by atoms with Crippen LogP contribution in [0.5, 0.6) is 0 Å². The number of aromatic nitrogens is 1. The lowest BCUT2D eigenvalue weighted by molar-refractivity contribution is -0.121.